The van der Waals surface area contributed by atoms with Gasteiger partial charge in [0.2, 0.25) is 0 Å². The maximum atomic E-state index is 5.68. The number of ether oxygens (including phenoxy) is 1. The third kappa shape index (κ3) is 4.31. The van der Waals surface area contributed by atoms with E-state index in [0.717, 1.165) is 38.3 Å². The van der Waals surface area contributed by atoms with E-state index >= 15 is 0 Å². The summed E-state index contributed by atoms with van der Waals surface area (Å²) in [5.74, 6) is 0. The second-order valence-electron chi connectivity index (χ2n) is 5.44. The summed E-state index contributed by atoms with van der Waals surface area (Å²) in [5.41, 5.74) is 3.84. The Morgan fingerprint density at radius 1 is 1.00 bits per heavy atom. The molecule has 0 amide bonds. The first kappa shape index (κ1) is 14.1. The molecule has 2 aromatic rings. The van der Waals surface area contributed by atoms with Crippen molar-refractivity contribution in [1.29, 1.82) is 0 Å². The van der Waals surface area contributed by atoms with Crippen LogP contribution in [0.5, 0.6) is 0 Å². The summed E-state index contributed by atoms with van der Waals surface area (Å²) in [6, 6.07) is 19.2. The summed E-state index contributed by atoms with van der Waals surface area (Å²) in [6.45, 7) is 3.55. The predicted octanol–water partition coefficient (Wildman–Crippen LogP) is 2.68. The molecule has 1 unspecified atom stereocenters. The largest absolute Gasteiger partial charge is 0.382 e. The van der Waals surface area contributed by atoms with Crippen molar-refractivity contribution < 1.29 is 4.74 Å². The normalized spacial score (nSPS) is 18.4. The Balaban J connectivity index is 1.51. The highest BCUT2D eigenvalue weighted by Gasteiger charge is 2.12. The summed E-state index contributed by atoms with van der Waals surface area (Å²) in [6.07, 6.45) is 1.25. The summed E-state index contributed by atoms with van der Waals surface area (Å²) < 4.78 is 5.68. The molecule has 0 radical (unpaired) electrons. The zero-order valence-electron chi connectivity index (χ0n) is 12.2. The summed E-state index contributed by atoms with van der Waals surface area (Å²) in [5, 5.41) is 6.78. The first-order valence-electron chi connectivity index (χ1n) is 7.59. The molecule has 2 N–H and O–H groups in total. The zero-order valence-corrected chi connectivity index (χ0v) is 12.2. The Morgan fingerprint density at radius 2 is 1.76 bits per heavy atom. The van der Waals surface area contributed by atoms with E-state index in [1.165, 1.54) is 11.1 Å². The topological polar surface area (TPSA) is 33.3 Å². The first-order chi connectivity index (χ1) is 10.4. The molecule has 0 aromatic heterocycles. The minimum absolute atomic E-state index is 0.266. The molecule has 3 heteroatoms. The zero-order chi connectivity index (χ0) is 14.3. The molecule has 0 saturated carbocycles. The lowest BCUT2D eigenvalue weighted by Gasteiger charge is -2.24. The lowest BCUT2D eigenvalue weighted by Crippen LogP contribution is -2.42. The molecule has 3 rings (SSSR count). The second-order valence-corrected chi connectivity index (χ2v) is 5.44. The van der Waals surface area contributed by atoms with Crippen LogP contribution in [0.3, 0.4) is 0 Å². The molecule has 1 aliphatic heterocycles. The van der Waals surface area contributed by atoms with Gasteiger partial charge in [0.15, 0.2) is 0 Å². The molecule has 21 heavy (non-hydrogen) atoms. The first-order valence-corrected chi connectivity index (χ1v) is 7.59. The van der Waals surface area contributed by atoms with E-state index in [-0.39, 0.29) is 6.10 Å². The molecule has 110 valence electrons. The van der Waals surface area contributed by atoms with Gasteiger partial charge in [0.05, 0.1) is 12.7 Å². The third-order valence-electron chi connectivity index (χ3n) is 3.74. The number of nitrogens with one attached hydrogen (secondary N) is 2. The lowest BCUT2D eigenvalue weighted by atomic mass is 10.0. The van der Waals surface area contributed by atoms with Gasteiger partial charge in [0, 0.05) is 25.3 Å². The molecule has 0 aliphatic carbocycles. The van der Waals surface area contributed by atoms with Crippen LogP contribution in [0.2, 0.25) is 0 Å². The number of morpholine rings is 1. The molecule has 1 saturated heterocycles. The number of benzene rings is 2. The van der Waals surface area contributed by atoms with Crippen LogP contribution < -0.4 is 10.6 Å². The van der Waals surface area contributed by atoms with Crippen LogP contribution in [-0.2, 0) is 11.2 Å². The van der Waals surface area contributed by atoms with Gasteiger partial charge in [0.25, 0.3) is 0 Å². The Labute approximate surface area is 126 Å². The van der Waals surface area contributed by atoms with Crippen LogP contribution in [0.4, 0.5) is 5.69 Å². The number of hydrogen-bond acceptors (Lipinski definition) is 3. The Bertz CT molecular complexity index is 533. The van der Waals surface area contributed by atoms with Gasteiger partial charge < -0.3 is 15.4 Å². The van der Waals surface area contributed by atoms with E-state index in [1.807, 2.05) is 0 Å². The fraction of sp³-hybridized carbons (Fsp3) is 0.333. The van der Waals surface area contributed by atoms with Gasteiger partial charge in [-0.1, -0.05) is 42.5 Å². The van der Waals surface area contributed by atoms with E-state index in [0.29, 0.717) is 0 Å². The maximum Gasteiger partial charge on any atom is 0.0872 e. The molecule has 1 fully saturated rings. The van der Waals surface area contributed by atoms with Gasteiger partial charge in [-0.25, -0.2) is 0 Å². The maximum absolute atomic E-state index is 5.68. The van der Waals surface area contributed by atoms with Crippen molar-refractivity contribution >= 4 is 5.69 Å². The fourth-order valence-electron chi connectivity index (χ4n) is 2.55. The van der Waals surface area contributed by atoms with Crippen LogP contribution in [-0.4, -0.2) is 32.3 Å². The standard InChI is InChI=1S/C18H22N2O/c1-2-4-15(5-3-1)12-16-6-8-17(9-7-16)20-14-18-13-19-10-11-21-18/h1-9,18-20H,10-14H2. The number of hydrogen-bond donors (Lipinski definition) is 2. The highest BCUT2D eigenvalue weighted by molar-refractivity contribution is 5.45. The molecule has 0 spiro atoms. The van der Waals surface area contributed by atoms with E-state index in [2.05, 4.69) is 65.2 Å². The summed E-state index contributed by atoms with van der Waals surface area (Å²) >= 11 is 0. The molecule has 1 aliphatic rings. The van der Waals surface area contributed by atoms with Crippen LogP contribution >= 0.6 is 0 Å². The highest BCUT2D eigenvalue weighted by Crippen LogP contribution is 2.14. The average Bonchev–Trinajstić information content (AvgIpc) is 2.56. The van der Waals surface area contributed by atoms with Gasteiger partial charge in [-0.05, 0) is 29.7 Å². The molecule has 1 heterocycles. The van der Waals surface area contributed by atoms with Crippen molar-refractivity contribution in [2.24, 2.45) is 0 Å². The lowest BCUT2D eigenvalue weighted by molar-refractivity contribution is 0.0372. The van der Waals surface area contributed by atoms with Crippen molar-refractivity contribution in [3.63, 3.8) is 0 Å². The van der Waals surface area contributed by atoms with Crippen molar-refractivity contribution in [1.82, 2.24) is 5.32 Å². The van der Waals surface area contributed by atoms with E-state index < -0.39 is 0 Å². The second kappa shape index (κ2) is 7.25. The number of anilines is 1. The quantitative estimate of drug-likeness (QED) is 0.884. The number of rotatable bonds is 5. The van der Waals surface area contributed by atoms with Crippen molar-refractivity contribution in [3.05, 3.63) is 65.7 Å². The van der Waals surface area contributed by atoms with Gasteiger partial charge in [-0.2, -0.15) is 0 Å². The Morgan fingerprint density at radius 3 is 2.48 bits per heavy atom. The average molecular weight is 282 g/mol. The Hall–Kier alpha value is -1.84. The molecule has 0 bridgehead atoms. The third-order valence-corrected chi connectivity index (χ3v) is 3.74. The summed E-state index contributed by atoms with van der Waals surface area (Å²) in [7, 11) is 0. The smallest absolute Gasteiger partial charge is 0.0872 e. The minimum Gasteiger partial charge on any atom is -0.382 e. The molecule has 3 nitrogen and oxygen atoms in total. The monoisotopic (exact) mass is 282 g/mol. The predicted molar refractivity (Wildman–Crippen MR) is 86.8 cm³/mol. The van der Waals surface area contributed by atoms with E-state index in [4.69, 9.17) is 4.74 Å². The van der Waals surface area contributed by atoms with Gasteiger partial charge in [0.1, 0.15) is 0 Å². The van der Waals surface area contributed by atoms with Crippen molar-refractivity contribution in [2.45, 2.75) is 12.5 Å². The van der Waals surface area contributed by atoms with Crippen LogP contribution in [0, 0.1) is 0 Å². The van der Waals surface area contributed by atoms with Gasteiger partial charge in [-0.15, -0.1) is 0 Å². The van der Waals surface area contributed by atoms with Crippen LogP contribution in [0.25, 0.3) is 0 Å². The van der Waals surface area contributed by atoms with Gasteiger partial charge in [-0.3, -0.25) is 0 Å². The molecule has 1 atom stereocenters. The van der Waals surface area contributed by atoms with E-state index in [9.17, 15) is 0 Å². The van der Waals surface area contributed by atoms with Crippen LogP contribution in [0.15, 0.2) is 54.6 Å². The SMILES string of the molecule is c1ccc(Cc2ccc(NCC3CNCCO3)cc2)cc1. The minimum atomic E-state index is 0.266. The van der Waals surface area contributed by atoms with Crippen molar-refractivity contribution in [2.75, 3.05) is 31.6 Å². The van der Waals surface area contributed by atoms with Gasteiger partial charge >= 0.3 is 0 Å². The van der Waals surface area contributed by atoms with Crippen molar-refractivity contribution in [3.8, 4) is 0 Å². The fourth-order valence-corrected chi connectivity index (χ4v) is 2.55. The molecule has 2 aromatic carbocycles. The molecular formula is C18H22N2O. The van der Waals surface area contributed by atoms with Crippen LogP contribution in [0.1, 0.15) is 11.1 Å². The molecular weight excluding hydrogens is 260 g/mol. The summed E-state index contributed by atoms with van der Waals surface area (Å²) in [4.78, 5) is 0. The van der Waals surface area contributed by atoms with E-state index in [1.54, 1.807) is 0 Å². The Kier molecular flexibility index (Phi) is 4.87. The highest BCUT2D eigenvalue weighted by atomic mass is 16.5.